The first-order valence-electron chi connectivity index (χ1n) is 10.6. The summed E-state index contributed by atoms with van der Waals surface area (Å²) in [4.78, 5) is 27.4. The number of nitrogens with zero attached hydrogens (tertiary/aromatic N) is 1. The fourth-order valence-electron chi connectivity index (χ4n) is 4.36. The molecule has 1 unspecified atom stereocenters. The Balaban J connectivity index is 1.69. The van der Waals surface area contributed by atoms with Crippen LogP contribution in [-0.2, 0) is 16.0 Å². The van der Waals surface area contributed by atoms with Gasteiger partial charge in [0.2, 0.25) is 0 Å². The molecular formula is C26H20FNO5. The van der Waals surface area contributed by atoms with Gasteiger partial charge in [-0.1, -0.05) is 18.2 Å². The number of hydrogen-bond acceptors (Lipinski definition) is 5. The van der Waals surface area contributed by atoms with Crippen LogP contribution in [-0.4, -0.2) is 28.5 Å². The number of rotatable bonds is 3. The van der Waals surface area contributed by atoms with Crippen LogP contribution in [0.3, 0.4) is 0 Å². The van der Waals surface area contributed by atoms with E-state index in [0.717, 1.165) is 30.2 Å². The Morgan fingerprint density at radius 1 is 1.03 bits per heavy atom. The molecule has 1 fully saturated rings. The number of aromatic hydroxyl groups is 1. The van der Waals surface area contributed by atoms with Gasteiger partial charge in [-0.05, 0) is 72.5 Å². The van der Waals surface area contributed by atoms with E-state index >= 15 is 0 Å². The lowest BCUT2D eigenvalue weighted by molar-refractivity contribution is -0.132. The lowest BCUT2D eigenvalue weighted by Gasteiger charge is -2.25. The second-order valence-electron chi connectivity index (χ2n) is 8.02. The summed E-state index contributed by atoms with van der Waals surface area (Å²) in [6.45, 7) is 0.623. The lowest BCUT2D eigenvalue weighted by Crippen LogP contribution is -2.29. The van der Waals surface area contributed by atoms with Crippen molar-refractivity contribution in [3.8, 4) is 11.5 Å². The van der Waals surface area contributed by atoms with Crippen LogP contribution in [0, 0.1) is 5.82 Å². The number of halogens is 1. The molecule has 2 heterocycles. The Hall–Kier alpha value is -4.13. The monoisotopic (exact) mass is 445 g/mol. The van der Waals surface area contributed by atoms with E-state index in [2.05, 4.69) is 0 Å². The Morgan fingerprint density at radius 3 is 2.58 bits per heavy atom. The largest absolute Gasteiger partial charge is 0.508 e. The fraction of sp³-hybridized carbons (Fsp3) is 0.154. The molecule has 3 aromatic rings. The van der Waals surface area contributed by atoms with Gasteiger partial charge < -0.3 is 14.9 Å². The second kappa shape index (κ2) is 8.09. The third-order valence-electron chi connectivity index (χ3n) is 5.92. The zero-order valence-corrected chi connectivity index (χ0v) is 17.5. The Bertz CT molecular complexity index is 1300. The maximum absolute atomic E-state index is 14.0. The van der Waals surface area contributed by atoms with Gasteiger partial charge in [0, 0.05) is 11.3 Å². The van der Waals surface area contributed by atoms with Gasteiger partial charge in [-0.15, -0.1) is 0 Å². The molecule has 33 heavy (non-hydrogen) atoms. The SMILES string of the molecule is O=C1C(=O)N(c2cccc(F)c2)C(c2ccc(O)cc2)/C1=C(/O)c1ccc2c(c1)CCCO2. The van der Waals surface area contributed by atoms with E-state index in [-0.39, 0.29) is 22.8 Å². The lowest BCUT2D eigenvalue weighted by atomic mass is 9.94. The molecule has 0 aliphatic carbocycles. The van der Waals surface area contributed by atoms with Gasteiger partial charge in [-0.3, -0.25) is 14.5 Å². The molecule has 0 saturated carbocycles. The summed E-state index contributed by atoms with van der Waals surface area (Å²) in [6, 6.07) is 15.5. The van der Waals surface area contributed by atoms with Crippen molar-refractivity contribution in [2.75, 3.05) is 11.5 Å². The van der Waals surface area contributed by atoms with Crippen LogP contribution in [0.2, 0.25) is 0 Å². The summed E-state index contributed by atoms with van der Waals surface area (Å²) < 4.78 is 19.6. The second-order valence-corrected chi connectivity index (χ2v) is 8.02. The molecule has 1 saturated heterocycles. The van der Waals surface area contributed by atoms with E-state index in [0.29, 0.717) is 17.7 Å². The average molecular weight is 445 g/mol. The Morgan fingerprint density at radius 2 is 1.82 bits per heavy atom. The van der Waals surface area contributed by atoms with Gasteiger partial charge in [0.05, 0.1) is 18.2 Å². The highest BCUT2D eigenvalue weighted by Crippen LogP contribution is 2.43. The van der Waals surface area contributed by atoms with Crippen molar-refractivity contribution in [2.45, 2.75) is 18.9 Å². The summed E-state index contributed by atoms with van der Waals surface area (Å²) in [5.41, 5.74) is 1.87. The first kappa shape index (κ1) is 20.8. The van der Waals surface area contributed by atoms with E-state index in [4.69, 9.17) is 4.74 Å². The fourth-order valence-corrected chi connectivity index (χ4v) is 4.36. The summed E-state index contributed by atoms with van der Waals surface area (Å²) >= 11 is 0. The Kier molecular flexibility index (Phi) is 5.09. The summed E-state index contributed by atoms with van der Waals surface area (Å²) in [7, 11) is 0. The number of aliphatic hydroxyl groups excluding tert-OH is 1. The first-order chi connectivity index (χ1) is 15.9. The number of benzene rings is 3. The molecule has 0 radical (unpaired) electrons. The third kappa shape index (κ3) is 3.61. The normalized spacial score (nSPS) is 19.3. The molecule has 6 nitrogen and oxygen atoms in total. The minimum Gasteiger partial charge on any atom is -0.508 e. The zero-order chi connectivity index (χ0) is 23.1. The number of Topliss-reactive ketones (excluding diaryl/α,β-unsaturated/α-hetero) is 1. The maximum Gasteiger partial charge on any atom is 0.300 e. The molecular weight excluding hydrogens is 425 g/mol. The summed E-state index contributed by atoms with van der Waals surface area (Å²) in [6.07, 6.45) is 1.62. The number of phenolic OH excluding ortho intramolecular Hbond substituents is 1. The quantitative estimate of drug-likeness (QED) is 0.353. The molecule has 5 rings (SSSR count). The summed E-state index contributed by atoms with van der Waals surface area (Å²) in [5.74, 6) is -1.89. The van der Waals surface area contributed by atoms with E-state index < -0.39 is 23.5 Å². The van der Waals surface area contributed by atoms with Crippen molar-refractivity contribution < 1.29 is 28.9 Å². The van der Waals surface area contributed by atoms with Crippen molar-refractivity contribution in [3.63, 3.8) is 0 Å². The number of amides is 1. The minimum atomic E-state index is -1.00. The highest BCUT2D eigenvalue weighted by atomic mass is 19.1. The predicted molar refractivity (Wildman–Crippen MR) is 120 cm³/mol. The molecule has 2 aliphatic rings. The van der Waals surface area contributed by atoms with Crippen LogP contribution in [0.15, 0.2) is 72.3 Å². The number of anilines is 1. The van der Waals surface area contributed by atoms with Crippen molar-refractivity contribution in [1.82, 2.24) is 0 Å². The number of fused-ring (bicyclic) bond motifs is 1. The van der Waals surface area contributed by atoms with Crippen LogP contribution in [0.4, 0.5) is 10.1 Å². The molecule has 1 amide bonds. The standard InChI is InChI=1S/C26H20FNO5/c27-18-4-1-5-19(14-18)28-23(15-6-9-20(29)10-7-15)22(25(31)26(28)32)24(30)17-8-11-21-16(13-17)3-2-12-33-21/h1,4-11,13-14,23,29-30H,2-3,12H2/b24-22-. The summed E-state index contributed by atoms with van der Waals surface area (Å²) in [5, 5.41) is 20.9. The van der Waals surface area contributed by atoms with Crippen molar-refractivity contribution >= 4 is 23.1 Å². The molecule has 3 aromatic carbocycles. The van der Waals surface area contributed by atoms with Gasteiger partial charge >= 0.3 is 0 Å². The molecule has 0 aromatic heterocycles. The van der Waals surface area contributed by atoms with Crippen LogP contribution in [0.1, 0.15) is 29.2 Å². The highest BCUT2D eigenvalue weighted by molar-refractivity contribution is 6.51. The van der Waals surface area contributed by atoms with E-state index in [1.807, 2.05) is 0 Å². The molecule has 0 bridgehead atoms. The highest BCUT2D eigenvalue weighted by Gasteiger charge is 2.47. The number of ether oxygens (including phenoxy) is 1. The van der Waals surface area contributed by atoms with Crippen molar-refractivity contribution in [2.24, 2.45) is 0 Å². The number of phenols is 1. The number of aryl methyl sites for hydroxylation is 1. The van der Waals surface area contributed by atoms with Gasteiger partial charge in [-0.25, -0.2) is 4.39 Å². The van der Waals surface area contributed by atoms with Gasteiger partial charge in [-0.2, -0.15) is 0 Å². The number of hydrogen-bond donors (Lipinski definition) is 2. The van der Waals surface area contributed by atoms with Crippen LogP contribution in [0.5, 0.6) is 11.5 Å². The van der Waals surface area contributed by atoms with Gasteiger partial charge in [0.25, 0.3) is 11.7 Å². The van der Waals surface area contributed by atoms with E-state index in [9.17, 15) is 24.2 Å². The third-order valence-corrected chi connectivity index (χ3v) is 5.92. The first-order valence-corrected chi connectivity index (χ1v) is 10.6. The molecule has 0 spiro atoms. The number of ketones is 1. The van der Waals surface area contributed by atoms with Crippen molar-refractivity contribution in [1.29, 1.82) is 0 Å². The molecule has 1 atom stereocenters. The van der Waals surface area contributed by atoms with Gasteiger partial charge in [0.15, 0.2) is 0 Å². The molecule has 2 aliphatic heterocycles. The topological polar surface area (TPSA) is 87.1 Å². The van der Waals surface area contributed by atoms with Gasteiger partial charge in [0.1, 0.15) is 23.1 Å². The number of carbonyl (C=O) groups is 2. The van der Waals surface area contributed by atoms with Crippen LogP contribution < -0.4 is 9.64 Å². The van der Waals surface area contributed by atoms with E-state index in [1.54, 1.807) is 30.3 Å². The molecule has 2 N–H and O–H groups in total. The van der Waals surface area contributed by atoms with Crippen LogP contribution >= 0.6 is 0 Å². The number of carbonyl (C=O) groups excluding carboxylic acids is 2. The number of aliphatic hydroxyl groups is 1. The molecule has 166 valence electrons. The maximum atomic E-state index is 14.0. The predicted octanol–water partition coefficient (Wildman–Crippen LogP) is 4.48. The van der Waals surface area contributed by atoms with Crippen molar-refractivity contribution in [3.05, 3.63) is 94.8 Å². The zero-order valence-electron chi connectivity index (χ0n) is 17.5. The molecule has 7 heteroatoms. The van der Waals surface area contributed by atoms with E-state index in [1.165, 1.54) is 35.2 Å². The Labute approximate surface area is 189 Å². The average Bonchev–Trinajstić information content (AvgIpc) is 3.09. The minimum absolute atomic E-state index is 0.0103. The smallest absolute Gasteiger partial charge is 0.300 e. The van der Waals surface area contributed by atoms with Crippen LogP contribution in [0.25, 0.3) is 5.76 Å².